The highest BCUT2D eigenvalue weighted by atomic mass is 35.5. The topological polar surface area (TPSA) is 34.1 Å². The van der Waals surface area contributed by atoms with Crippen LogP contribution in [0, 0.1) is 0 Å². The lowest BCUT2D eigenvalue weighted by atomic mass is 10.3. The van der Waals surface area contributed by atoms with Gasteiger partial charge in [0.1, 0.15) is 5.01 Å². The second kappa shape index (κ2) is 7.26. The normalized spacial score (nSPS) is 12.2. The van der Waals surface area contributed by atoms with E-state index in [1.165, 1.54) is 0 Å². The molecule has 0 fully saturated rings. The standard InChI is InChI=1S/C8H14N2OS.ClH/c1-7(9-3-5-11-2)8-10-4-6-12-8;/h4,6-7,9H,3,5H2,1-2H3;1H. The van der Waals surface area contributed by atoms with E-state index in [1.807, 2.05) is 11.6 Å². The Balaban J connectivity index is 0.00000144. The van der Waals surface area contributed by atoms with Gasteiger partial charge < -0.3 is 10.1 Å². The van der Waals surface area contributed by atoms with Crippen molar-refractivity contribution < 1.29 is 4.74 Å². The summed E-state index contributed by atoms with van der Waals surface area (Å²) < 4.78 is 4.93. The summed E-state index contributed by atoms with van der Waals surface area (Å²) in [7, 11) is 1.70. The highest BCUT2D eigenvalue weighted by Crippen LogP contribution is 2.13. The fraction of sp³-hybridized carbons (Fsp3) is 0.625. The molecule has 1 heterocycles. The molecule has 0 spiro atoms. The van der Waals surface area contributed by atoms with Gasteiger partial charge in [-0.1, -0.05) is 0 Å². The second-order valence-electron chi connectivity index (χ2n) is 2.54. The van der Waals surface area contributed by atoms with Gasteiger partial charge in [0.15, 0.2) is 0 Å². The molecule has 1 atom stereocenters. The Morgan fingerprint density at radius 2 is 2.46 bits per heavy atom. The monoisotopic (exact) mass is 222 g/mol. The van der Waals surface area contributed by atoms with E-state index in [-0.39, 0.29) is 12.4 Å². The lowest BCUT2D eigenvalue weighted by Crippen LogP contribution is -2.22. The van der Waals surface area contributed by atoms with Crippen molar-refractivity contribution in [3.8, 4) is 0 Å². The molecule has 1 N–H and O–H groups in total. The van der Waals surface area contributed by atoms with Crippen molar-refractivity contribution in [1.29, 1.82) is 0 Å². The zero-order valence-electron chi connectivity index (χ0n) is 7.82. The quantitative estimate of drug-likeness (QED) is 0.773. The molecule has 1 aromatic heterocycles. The zero-order chi connectivity index (χ0) is 8.81. The minimum atomic E-state index is 0. The van der Waals surface area contributed by atoms with E-state index in [4.69, 9.17) is 4.74 Å². The third-order valence-corrected chi connectivity index (χ3v) is 2.54. The molecule has 0 bridgehead atoms. The van der Waals surface area contributed by atoms with Crippen LogP contribution in [0.3, 0.4) is 0 Å². The van der Waals surface area contributed by atoms with E-state index >= 15 is 0 Å². The zero-order valence-corrected chi connectivity index (χ0v) is 9.45. The lowest BCUT2D eigenvalue weighted by Gasteiger charge is -2.09. The summed E-state index contributed by atoms with van der Waals surface area (Å²) in [5, 5.41) is 6.43. The van der Waals surface area contributed by atoms with Gasteiger partial charge in [-0.3, -0.25) is 0 Å². The van der Waals surface area contributed by atoms with E-state index in [0.29, 0.717) is 6.04 Å². The molecule has 0 aliphatic heterocycles. The molecule has 0 radical (unpaired) electrons. The summed E-state index contributed by atoms with van der Waals surface area (Å²) in [6, 6.07) is 0.333. The van der Waals surface area contributed by atoms with Crippen LogP contribution in [-0.4, -0.2) is 25.2 Å². The Labute approximate surface area is 88.9 Å². The van der Waals surface area contributed by atoms with Gasteiger partial charge in [-0.05, 0) is 6.92 Å². The van der Waals surface area contributed by atoms with E-state index in [9.17, 15) is 0 Å². The summed E-state index contributed by atoms with van der Waals surface area (Å²) in [5.41, 5.74) is 0. The Bertz CT molecular complexity index is 206. The van der Waals surface area contributed by atoms with Crippen LogP contribution in [0.25, 0.3) is 0 Å². The third kappa shape index (κ3) is 4.57. The smallest absolute Gasteiger partial charge is 0.109 e. The van der Waals surface area contributed by atoms with Gasteiger partial charge in [0.05, 0.1) is 12.6 Å². The van der Waals surface area contributed by atoms with Crippen molar-refractivity contribution in [1.82, 2.24) is 10.3 Å². The average Bonchev–Trinajstić information content (AvgIpc) is 2.56. The van der Waals surface area contributed by atoms with Crippen LogP contribution in [0.15, 0.2) is 11.6 Å². The number of aromatic nitrogens is 1. The molecule has 1 unspecified atom stereocenters. The minimum Gasteiger partial charge on any atom is -0.383 e. The summed E-state index contributed by atoms with van der Waals surface area (Å²) in [6.07, 6.45) is 1.83. The first kappa shape index (κ1) is 12.8. The number of nitrogens with zero attached hydrogens (tertiary/aromatic N) is 1. The number of methoxy groups -OCH3 is 1. The first-order valence-corrected chi connectivity index (χ1v) is 4.84. The summed E-state index contributed by atoms with van der Waals surface area (Å²) in [4.78, 5) is 4.21. The van der Waals surface area contributed by atoms with Crippen molar-refractivity contribution in [2.45, 2.75) is 13.0 Å². The molecule has 0 aliphatic carbocycles. The molecule has 0 aromatic carbocycles. The number of ether oxygens (including phenoxy) is 1. The number of hydrogen-bond donors (Lipinski definition) is 1. The van der Waals surface area contributed by atoms with Gasteiger partial charge >= 0.3 is 0 Å². The summed E-state index contributed by atoms with van der Waals surface area (Å²) in [5.74, 6) is 0. The Hall–Kier alpha value is -0.160. The van der Waals surface area contributed by atoms with Gasteiger partial charge in [0.2, 0.25) is 0 Å². The third-order valence-electron chi connectivity index (χ3n) is 1.58. The molecular formula is C8H15ClN2OS. The molecule has 0 saturated carbocycles. The maximum Gasteiger partial charge on any atom is 0.109 e. The van der Waals surface area contributed by atoms with Crippen molar-refractivity contribution in [2.24, 2.45) is 0 Å². The number of rotatable bonds is 5. The molecule has 0 saturated heterocycles. The highest BCUT2D eigenvalue weighted by Gasteiger charge is 2.05. The van der Waals surface area contributed by atoms with E-state index < -0.39 is 0 Å². The number of hydrogen-bond acceptors (Lipinski definition) is 4. The van der Waals surface area contributed by atoms with Crippen molar-refractivity contribution >= 4 is 23.7 Å². The first-order valence-electron chi connectivity index (χ1n) is 3.96. The lowest BCUT2D eigenvalue weighted by molar-refractivity contribution is 0.196. The highest BCUT2D eigenvalue weighted by molar-refractivity contribution is 7.09. The maximum absolute atomic E-state index is 4.93. The molecule has 3 nitrogen and oxygen atoms in total. The van der Waals surface area contributed by atoms with E-state index in [0.717, 1.165) is 18.2 Å². The minimum absolute atomic E-state index is 0. The van der Waals surface area contributed by atoms with E-state index in [2.05, 4.69) is 17.2 Å². The van der Waals surface area contributed by atoms with Gasteiger partial charge in [-0.2, -0.15) is 0 Å². The van der Waals surface area contributed by atoms with Crippen LogP contribution < -0.4 is 5.32 Å². The Morgan fingerprint density at radius 3 is 3.00 bits per heavy atom. The number of nitrogens with one attached hydrogen (secondary N) is 1. The Kier molecular flexibility index (Phi) is 7.17. The van der Waals surface area contributed by atoms with Crippen LogP contribution >= 0.6 is 23.7 Å². The van der Waals surface area contributed by atoms with Crippen LogP contribution in [0.4, 0.5) is 0 Å². The SMILES string of the molecule is COCCNC(C)c1nccs1.Cl. The van der Waals surface area contributed by atoms with Crippen LogP contribution in [0.5, 0.6) is 0 Å². The molecule has 1 aromatic rings. The molecule has 13 heavy (non-hydrogen) atoms. The largest absolute Gasteiger partial charge is 0.383 e. The predicted octanol–water partition coefficient (Wildman–Crippen LogP) is 1.86. The average molecular weight is 223 g/mol. The summed E-state index contributed by atoms with van der Waals surface area (Å²) in [6.45, 7) is 3.72. The number of thiazole rings is 1. The second-order valence-corrected chi connectivity index (χ2v) is 3.47. The fourth-order valence-electron chi connectivity index (χ4n) is 0.913. The first-order chi connectivity index (χ1) is 5.84. The maximum atomic E-state index is 4.93. The van der Waals surface area contributed by atoms with Crippen LogP contribution in [0.2, 0.25) is 0 Å². The van der Waals surface area contributed by atoms with Crippen LogP contribution in [-0.2, 0) is 4.74 Å². The Morgan fingerprint density at radius 1 is 1.69 bits per heavy atom. The van der Waals surface area contributed by atoms with Crippen molar-refractivity contribution in [2.75, 3.05) is 20.3 Å². The van der Waals surface area contributed by atoms with E-state index in [1.54, 1.807) is 18.4 Å². The fourth-order valence-corrected chi connectivity index (χ4v) is 1.58. The van der Waals surface area contributed by atoms with Gasteiger partial charge in [0, 0.05) is 25.2 Å². The molecule has 5 heteroatoms. The predicted molar refractivity (Wildman–Crippen MR) is 57.7 cm³/mol. The molecule has 0 aliphatic rings. The van der Waals surface area contributed by atoms with Gasteiger partial charge in [0.25, 0.3) is 0 Å². The van der Waals surface area contributed by atoms with Crippen LogP contribution in [0.1, 0.15) is 18.0 Å². The van der Waals surface area contributed by atoms with Gasteiger partial charge in [-0.25, -0.2) is 4.98 Å². The molecular weight excluding hydrogens is 208 g/mol. The number of halogens is 1. The summed E-state index contributed by atoms with van der Waals surface area (Å²) >= 11 is 1.67. The van der Waals surface area contributed by atoms with Gasteiger partial charge in [-0.15, -0.1) is 23.7 Å². The molecule has 1 rings (SSSR count). The van der Waals surface area contributed by atoms with Crippen molar-refractivity contribution in [3.05, 3.63) is 16.6 Å². The molecule has 76 valence electrons. The molecule has 0 amide bonds. The van der Waals surface area contributed by atoms with Crippen molar-refractivity contribution in [3.63, 3.8) is 0 Å².